The summed E-state index contributed by atoms with van der Waals surface area (Å²) in [5, 5.41) is 2.60. The highest BCUT2D eigenvalue weighted by Gasteiger charge is 2.29. The molecule has 0 fully saturated rings. The highest BCUT2D eigenvalue weighted by Crippen LogP contribution is 2.13. The molecule has 0 aliphatic rings. The van der Waals surface area contributed by atoms with Crippen LogP contribution >= 0.6 is 0 Å². The van der Waals surface area contributed by atoms with E-state index in [1.807, 2.05) is 0 Å². The van der Waals surface area contributed by atoms with Gasteiger partial charge in [0.25, 0.3) is 5.91 Å². The smallest absolute Gasteiger partial charge is 0.329 e. The van der Waals surface area contributed by atoms with Gasteiger partial charge in [-0.1, -0.05) is 19.9 Å². The lowest BCUT2D eigenvalue weighted by Gasteiger charge is -2.26. The molecule has 0 aliphatic carbocycles. The molecule has 0 unspecified atom stereocenters. The molecule has 1 atom stereocenters. The van der Waals surface area contributed by atoms with E-state index in [4.69, 9.17) is 4.74 Å². The number of nitrogens with one attached hydrogen (secondary N) is 1. The van der Waals surface area contributed by atoms with Gasteiger partial charge in [-0.2, -0.15) is 0 Å². The Morgan fingerprint density at radius 3 is 2.33 bits per heavy atom. The van der Waals surface area contributed by atoms with Gasteiger partial charge in [-0.15, -0.1) is 0 Å². The van der Waals surface area contributed by atoms with E-state index in [9.17, 15) is 14.0 Å². The van der Waals surface area contributed by atoms with Gasteiger partial charge in [-0.3, -0.25) is 4.79 Å². The summed E-state index contributed by atoms with van der Waals surface area (Å²) in [6, 6.07) is 4.54. The van der Waals surface area contributed by atoms with E-state index in [2.05, 4.69) is 5.32 Å². The second-order valence-corrected chi connectivity index (χ2v) is 6.24. The second kappa shape index (κ2) is 6.70. The highest BCUT2D eigenvalue weighted by atomic mass is 19.1. The molecule has 0 saturated carbocycles. The number of rotatable bonds is 4. The monoisotopic (exact) mass is 295 g/mol. The average Bonchev–Trinajstić information content (AvgIpc) is 2.32. The predicted molar refractivity (Wildman–Crippen MR) is 78.3 cm³/mol. The molecule has 0 aliphatic heterocycles. The van der Waals surface area contributed by atoms with Gasteiger partial charge in [0.05, 0.1) is 0 Å². The van der Waals surface area contributed by atoms with Crippen molar-refractivity contribution in [3.63, 3.8) is 0 Å². The second-order valence-electron chi connectivity index (χ2n) is 6.24. The zero-order valence-corrected chi connectivity index (χ0v) is 13.1. The van der Waals surface area contributed by atoms with E-state index >= 15 is 0 Å². The Morgan fingerprint density at radius 1 is 1.24 bits per heavy atom. The molecule has 0 aromatic heterocycles. The SMILES string of the molecule is CC(C)[C@@H](NC(=O)c1cccc(F)c1)C(=O)OC(C)(C)C. The molecule has 0 radical (unpaired) electrons. The molecule has 21 heavy (non-hydrogen) atoms. The third-order valence-corrected chi connectivity index (χ3v) is 2.70. The molecule has 5 heteroatoms. The first-order chi connectivity index (χ1) is 9.60. The minimum atomic E-state index is -0.778. The first-order valence-corrected chi connectivity index (χ1v) is 6.89. The van der Waals surface area contributed by atoms with Crippen LogP contribution in [0.15, 0.2) is 24.3 Å². The Labute approximate surface area is 124 Å². The summed E-state index contributed by atoms with van der Waals surface area (Å²) in [5.41, 5.74) is -0.461. The van der Waals surface area contributed by atoms with Crippen molar-refractivity contribution < 1.29 is 18.7 Å². The molecule has 116 valence electrons. The van der Waals surface area contributed by atoms with Gasteiger partial charge in [0.1, 0.15) is 17.5 Å². The Balaban J connectivity index is 2.84. The summed E-state index contributed by atoms with van der Waals surface area (Å²) in [6.07, 6.45) is 0. The fourth-order valence-electron chi connectivity index (χ4n) is 1.72. The summed E-state index contributed by atoms with van der Waals surface area (Å²) >= 11 is 0. The molecule has 0 bridgehead atoms. The molecule has 0 spiro atoms. The lowest BCUT2D eigenvalue weighted by atomic mass is 10.0. The van der Waals surface area contributed by atoms with E-state index in [0.29, 0.717) is 0 Å². The average molecular weight is 295 g/mol. The summed E-state index contributed by atoms with van der Waals surface area (Å²) in [4.78, 5) is 24.2. The number of hydrogen-bond acceptors (Lipinski definition) is 3. The first-order valence-electron chi connectivity index (χ1n) is 6.89. The lowest BCUT2D eigenvalue weighted by Crippen LogP contribution is -2.47. The third-order valence-electron chi connectivity index (χ3n) is 2.70. The van der Waals surface area contributed by atoms with Crippen LogP contribution in [0.25, 0.3) is 0 Å². The summed E-state index contributed by atoms with van der Waals surface area (Å²) in [7, 11) is 0. The van der Waals surface area contributed by atoms with Crippen LogP contribution in [-0.4, -0.2) is 23.5 Å². The van der Waals surface area contributed by atoms with Gasteiger partial charge in [0.2, 0.25) is 0 Å². The molecule has 0 heterocycles. The topological polar surface area (TPSA) is 55.4 Å². The third kappa shape index (κ3) is 5.53. The number of carbonyl (C=O) groups is 2. The summed E-state index contributed by atoms with van der Waals surface area (Å²) in [6.45, 7) is 8.89. The van der Waals surface area contributed by atoms with Crippen molar-refractivity contribution in [1.29, 1.82) is 0 Å². The minimum Gasteiger partial charge on any atom is -0.458 e. The van der Waals surface area contributed by atoms with Crippen LogP contribution in [0, 0.1) is 11.7 Å². The van der Waals surface area contributed by atoms with Gasteiger partial charge in [0, 0.05) is 5.56 Å². The largest absolute Gasteiger partial charge is 0.458 e. The Morgan fingerprint density at radius 2 is 1.86 bits per heavy atom. The van der Waals surface area contributed by atoms with E-state index in [-0.39, 0.29) is 11.5 Å². The predicted octanol–water partition coefficient (Wildman–Crippen LogP) is 2.92. The zero-order chi connectivity index (χ0) is 16.2. The van der Waals surface area contributed by atoms with Gasteiger partial charge in [-0.05, 0) is 44.9 Å². The van der Waals surface area contributed by atoms with Crippen molar-refractivity contribution in [1.82, 2.24) is 5.32 Å². The Hall–Kier alpha value is -1.91. The molecule has 1 aromatic carbocycles. The van der Waals surface area contributed by atoms with Gasteiger partial charge in [-0.25, -0.2) is 9.18 Å². The Bertz CT molecular complexity index is 520. The Kier molecular flexibility index (Phi) is 5.47. The van der Waals surface area contributed by atoms with Crippen LogP contribution in [0.1, 0.15) is 45.0 Å². The maximum absolute atomic E-state index is 13.1. The molecule has 1 N–H and O–H groups in total. The molecule has 1 aromatic rings. The fourth-order valence-corrected chi connectivity index (χ4v) is 1.72. The number of benzene rings is 1. The summed E-state index contributed by atoms with van der Waals surface area (Å²) < 4.78 is 18.4. The molecule has 4 nitrogen and oxygen atoms in total. The van der Waals surface area contributed by atoms with Crippen molar-refractivity contribution in [3.8, 4) is 0 Å². The zero-order valence-electron chi connectivity index (χ0n) is 13.1. The fraction of sp³-hybridized carbons (Fsp3) is 0.500. The van der Waals surface area contributed by atoms with Crippen LogP contribution < -0.4 is 5.32 Å². The van der Waals surface area contributed by atoms with E-state index in [1.165, 1.54) is 18.2 Å². The first kappa shape index (κ1) is 17.1. The standard InChI is InChI=1S/C16H22FNO3/c1-10(2)13(15(20)21-16(3,4)5)18-14(19)11-7-6-8-12(17)9-11/h6-10,13H,1-5H3,(H,18,19)/t13-/m1/s1. The number of ether oxygens (including phenoxy) is 1. The number of hydrogen-bond donors (Lipinski definition) is 1. The van der Waals surface area contributed by atoms with Crippen LogP contribution in [0.4, 0.5) is 4.39 Å². The van der Waals surface area contributed by atoms with E-state index < -0.39 is 29.3 Å². The van der Waals surface area contributed by atoms with Crippen molar-refractivity contribution in [3.05, 3.63) is 35.6 Å². The van der Waals surface area contributed by atoms with Crippen LogP contribution in [0.2, 0.25) is 0 Å². The van der Waals surface area contributed by atoms with E-state index in [0.717, 1.165) is 6.07 Å². The minimum absolute atomic E-state index is 0.141. The molecule has 0 saturated heterocycles. The lowest BCUT2D eigenvalue weighted by molar-refractivity contribution is -0.158. The molecule has 1 amide bonds. The molecule has 1 rings (SSSR count). The number of carbonyl (C=O) groups excluding carboxylic acids is 2. The van der Waals surface area contributed by atoms with Crippen molar-refractivity contribution >= 4 is 11.9 Å². The summed E-state index contributed by atoms with van der Waals surface area (Å²) in [5.74, 6) is -1.64. The van der Waals surface area contributed by atoms with Crippen molar-refractivity contribution in [2.75, 3.05) is 0 Å². The van der Waals surface area contributed by atoms with Crippen molar-refractivity contribution in [2.24, 2.45) is 5.92 Å². The van der Waals surface area contributed by atoms with Crippen LogP contribution in [0.5, 0.6) is 0 Å². The normalized spacial score (nSPS) is 12.9. The number of esters is 1. The maximum Gasteiger partial charge on any atom is 0.329 e. The van der Waals surface area contributed by atoms with Gasteiger partial charge >= 0.3 is 5.97 Å². The maximum atomic E-state index is 13.1. The number of halogens is 1. The van der Waals surface area contributed by atoms with Crippen LogP contribution in [0.3, 0.4) is 0 Å². The highest BCUT2D eigenvalue weighted by molar-refractivity contribution is 5.96. The molecular formula is C16H22FNO3. The van der Waals surface area contributed by atoms with E-state index in [1.54, 1.807) is 34.6 Å². The molecular weight excluding hydrogens is 273 g/mol. The number of amides is 1. The van der Waals surface area contributed by atoms with Crippen LogP contribution in [-0.2, 0) is 9.53 Å². The quantitative estimate of drug-likeness (QED) is 0.869. The van der Waals surface area contributed by atoms with Gasteiger partial charge < -0.3 is 10.1 Å². The van der Waals surface area contributed by atoms with Gasteiger partial charge in [0.15, 0.2) is 0 Å². The van der Waals surface area contributed by atoms with Crippen molar-refractivity contribution in [2.45, 2.75) is 46.3 Å².